The molecule has 0 unspecified atom stereocenters. The van der Waals surface area contributed by atoms with Gasteiger partial charge in [-0.2, -0.15) is 0 Å². The number of nitrogens with one attached hydrogen (secondary N) is 1. The van der Waals surface area contributed by atoms with Gasteiger partial charge >= 0.3 is 0 Å². The number of rotatable bonds is 6. The van der Waals surface area contributed by atoms with E-state index in [0.717, 1.165) is 6.42 Å². The molecule has 0 saturated heterocycles. The summed E-state index contributed by atoms with van der Waals surface area (Å²) in [4.78, 5) is 10.7. The van der Waals surface area contributed by atoms with Gasteiger partial charge in [0.05, 0.1) is 13.2 Å². The highest BCUT2D eigenvalue weighted by atomic mass is 16.5. The van der Waals surface area contributed by atoms with Gasteiger partial charge in [-0.25, -0.2) is 0 Å². The van der Waals surface area contributed by atoms with E-state index in [9.17, 15) is 4.79 Å². The molecule has 0 aromatic heterocycles. The number of carbonyl (C=O) groups is 1. The number of ether oxygens (including phenoxy) is 1. The fourth-order valence-electron chi connectivity index (χ4n) is 0.555. The van der Waals surface area contributed by atoms with Gasteiger partial charge in [0, 0.05) is 0 Å². The number of hydrogen-bond donors (Lipinski definition) is 1. The summed E-state index contributed by atoms with van der Waals surface area (Å²) < 4.78 is 5.14. The highest BCUT2D eigenvalue weighted by Crippen LogP contribution is 1.92. The first-order chi connectivity index (χ1) is 5.70. The average Bonchev–Trinajstić information content (AvgIpc) is 2.10. The van der Waals surface area contributed by atoms with Crippen LogP contribution in [0.1, 0.15) is 13.3 Å². The highest BCUT2D eigenvalue weighted by Gasteiger charge is 1.96. The molecule has 0 bridgehead atoms. The summed E-state index contributed by atoms with van der Waals surface area (Å²) in [7, 11) is 0. The second-order valence-corrected chi connectivity index (χ2v) is 2.31. The maximum absolute atomic E-state index is 10.7. The van der Waals surface area contributed by atoms with Crippen molar-refractivity contribution in [2.45, 2.75) is 13.3 Å². The monoisotopic (exact) mass is 169 g/mol. The van der Waals surface area contributed by atoms with Crippen LogP contribution in [-0.2, 0) is 9.53 Å². The Morgan fingerprint density at radius 1 is 1.67 bits per heavy atom. The van der Waals surface area contributed by atoms with Gasteiger partial charge in [-0.05, 0) is 12.5 Å². The van der Waals surface area contributed by atoms with Gasteiger partial charge in [0.15, 0.2) is 0 Å². The van der Waals surface area contributed by atoms with E-state index in [2.05, 4.69) is 18.5 Å². The van der Waals surface area contributed by atoms with Crippen molar-refractivity contribution in [1.29, 1.82) is 0 Å². The lowest BCUT2D eigenvalue weighted by atomic mass is 10.5. The predicted molar refractivity (Wildman–Crippen MR) is 48.6 cm³/mol. The molecular weight excluding hydrogens is 154 g/mol. The maximum Gasteiger partial charge on any atom is 0.243 e. The summed E-state index contributed by atoms with van der Waals surface area (Å²) in [6.07, 6.45) is 2.15. The Balaban J connectivity index is 3.43. The molecule has 1 amide bonds. The lowest BCUT2D eigenvalue weighted by Crippen LogP contribution is -2.23. The lowest BCUT2D eigenvalue weighted by molar-refractivity contribution is -0.116. The summed E-state index contributed by atoms with van der Waals surface area (Å²) >= 11 is 0. The van der Waals surface area contributed by atoms with Crippen LogP contribution in [-0.4, -0.2) is 19.1 Å². The van der Waals surface area contributed by atoms with Crippen molar-refractivity contribution in [3.05, 3.63) is 25.0 Å². The zero-order valence-electron chi connectivity index (χ0n) is 7.43. The molecule has 0 aliphatic rings. The molecular formula is C9H15NO2. The van der Waals surface area contributed by atoms with E-state index in [0.29, 0.717) is 18.9 Å². The van der Waals surface area contributed by atoms with Crippen LogP contribution in [0.2, 0.25) is 0 Å². The lowest BCUT2D eigenvalue weighted by Gasteiger charge is -2.07. The van der Waals surface area contributed by atoms with Crippen molar-refractivity contribution >= 4 is 5.91 Å². The first-order valence-corrected chi connectivity index (χ1v) is 3.91. The molecule has 1 N–H and O–H groups in total. The van der Waals surface area contributed by atoms with E-state index in [-0.39, 0.29) is 5.91 Å². The van der Waals surface area contributed by atoms with Crippen molar-refractivity contribution in [3.63, 3.8) is 0 Å². The smallest absolute Gasteiger partial charge is 0.243 e. The zero-order chi connectivity index (χ0) is 9.40. The molecule has 68 valence electrons. The van der Waals surface area contributed by atoms with Gasteiger partial charge in [-0.15, -0.1) is 0 Å². The first kappa shape index (κ1) is 10.8. The van der Waals surface area contributed by atoms with E-state index < -0.39 is 0 Å². The molecule has 0 fully saturated rings. The summed E-state index contributed by atoms with van der Waals surface area (Å²) in [6.45, 7) is 9.95. The van der Waals surface area contributed by atoms with E-state index >= 15 is 0 Å². The standard InChI is InChI=1S/C9H15NO2/c1-4-6-12-8(3)7-10-9(11)5-2/h5H,2-4,6-7H2,1H3,(H,10,11). The van der Waals surface area contributed by atoms with E-state index in [1.807, 2.05) is 6.92 Å². The molecule has 3 heteroatoms. The SMILES string of the molecule is C=CC(=O)NCC(=C)OCCC. The van der Waals surface area contributed by atoms with Crippen molar-refractivity contribution in [2.24, 2.45) is 0 Å². The molecule has 0 spiro atoms. The quantitative estimate of drug-likeness (QED) is 0.479. The van der Waals surface area contributed by atoms with Crippen molar-refractivity contribution < 1.29 is 9.53 Å². The van der Waals surface area contributed by atoms with Crippen molar-refractivity contribution in [1.82, 2.24) is 5.32 Å². The van der Waals surface area contributed by atoms with Crippen LogP contribution in [0.15, 0.2) is 25.0 Å². The van der Waals surface area contributed by atoms with Gasteiger partial charge in [-0.3, -0.25) is 4.79 Å². The molecule has 0 aliphatic heterocycles. The summed E-state index contributed by atoms with van der Waals surface area (Å²) in [6, 6.07) is 0. The maximum atomic E-state index is 10.7. The average molecular weight is 169 g/mol. The van der Waals surface area contributed by atoms with Crippen LogP contribution in [0.3, 0.4) is 0 Å². The fourth-order valence-corrected chi connectivity index (χ4v) is 0.555. The molecule has 3 nitrogen and oxygen atoms in total. The third kappa shape index (κ3) is 5.53. The minimum atomic E-state index is -0.212. The molecule has 0 radical (unpaired) electrons. The Morgan fingerprint density at radius 3 is 2.83 bits per heavy atom. The predicted octanol–water partition coefficient (Wildman–Crippen LogP) is 1.23. The minimum absolute atomic E-state index is 0.212. The molecule has 0 atom stereocenters. The second-order valence-electron chi connectivity index (χ2n) is 2.31. The third-order valence-corrected chi connectivity index (χ3v) is 1.16. The van der Waals surface area contributed by atoms with Gasteiger partial charge in [0.25, 0.3) is 0 Å². The first-order valence-electron chi connectivity index (χ1n) is 3.91. The largest absolute Gasteiger partial charge is 0.497 e. The Labute approximate surface area is 73.1 Å². The third-order valence-electron chi connectivity index (χ3n) is 1.16. The zero-order valence-corrected chi connectivity index (χ0v) is 7.43. The van der Waals surface area contributed by atoms with Gasteiger partial charge in [-0.1, -0.05) is 20.1 Å². The molecule has 0 saturated carbocycles. The van der Waals surface area contributed by atoms with Gasteiger partial charge < -0.3 is 10.1 Å². The van der Waals surface area contributed by atoms with E-state index in [1.54, 1.807) is 0 Å². The van der Waals surface area contributed by atoms with Gasteiger partial charge in [0.1, 0.15) is 5.76 Å². The summed E-state index contributed by atoms with van der Waals surface area (Å²) in [5.74, 6) is 0.364. The highest BCUT2D eigenvalue weighted by molar-refractivity contribution is 5.86. The van der Waals surface area contributed by atoms with E-state index in [1.165, 1.54) is 6.08 Å². The Morgan fingerprint density at radius 2 is 2.33 bits per heavy atom. The number of amides is 1. The molecule has 0 aliphatic carbocycles. The molecule has 0 rings (SSSR count). The van der Waals surface area contributed by atoms with E-state index in [4.69, 9.17) is 4.74 Å². The van der Waals surface area contributed by atoms with Crippen molar-refractivity contribution in [3.8, 4) is 0 Å². The van der Waals surface area contributed by atoms with Crippen LogP contribution in [0.4, 0.5) is 0 Å². The van der Waals surface area contributed by atoms with Crippen LogP contribution in [0.25, 0.3) is 0 Å². The van der Waals surface area contributed by atoms with Crippen LogP contribution >= 0.6 is 0 Å². The normalized spacial score (nSPS) is 8.75. The fraction of sp³-hybridized carbons (Fsp3) is 0.444. The van der Waals surface area contributed by atoms with Crippen LogP contribution < -0.4 is 5.32 Å². The number of carbonyl (C=O) groups excluding carboxylic acids is 1. The molecule has 0 heterocycles. The van der Waals surface area contributed by atoms with Crippen molar-refractivity contribution in [2.75, 3.05) is 13.2 Å². The van der Waals surface area contributed by atoms with Crippen LogP contribution in [0.5, 0.6) is 0 Å². The topological polar surface area (TPSA) is 38.3 Å². The summed E-state index contributed by atoms with van der Waals surface area (Å²) in [5.41, 5.74) is 0. The Kier molecular flexibility index (Phi) is 5.79. The molecule has 12 heavy (non-hydrogen) atoms. The molecule has 0 aromatic rings. The van der Waals surface area contributed by atoms with Crippen LogP contribution in [0, 0.1) is 0 Å². The van der Waals surface area contributed by atoms with Gasteiger partial charge in [0.2, 0.25) is 5.91 Å². The Bertz CT molecular complexity index is 175. The second kappa shape index (κ2) is 6.46. The molecule has 0 aromatic carbocycles. The number of hydrogen-bond acceptors (Lipinski definition) is 2. The summed E-state index contributed by atoms with van der Waals surface area (Å²) in [5, 5.41) is 2.56. The minimum Gasteiger partial charge on any atom is -0.497 e. The Hall–Kier alpha value is -1.25.